The van der Waals surface area contributed by atoms with Gasteiger partial charge in [0.15, 0.2) is 5.82 Å². The van der Waals surface area contributed by atoms with E-state index in [1.807, 2.05) is 13.8 Å². The molecule has 2 rings (SSSR count). The molecule has 6 nitrogen and oxygen atoms in total. The van der Waals surface area contributed by atoms with Gasteiger partial charge in [0.2, 0.25) is 10.0 Å². The summed E-state index contributed by atoms with van der Waals surface area (Å²) in [6, 6.07) is 3.25. The Morgan fingerprint density at radius 1 is 1.48 bits per heavy atom. The molecule has 2 N–H and O–H groups in total. The number of hydrogen-bond donors (Lipinski definition) is 2. The summed E-state index contributed by atoms with van der Waals surface area (Å²) in [5, 5.41) is 8.87. The van der Waals surface area contributed by atoms with Crippen LogP contribution in [0.1, 0.15) is 43.5 Å². The van der Waals surface area contributed by atoms with E-state index in [2.05, 4.69) is 4.72 Å². The largest absolute Gasteiger partial charge is 0.478 e. The molecule has 1 heterocycles. The third-order valence-electron chi connectivity index (χ3n) is 3.77. The van der Waals surface area contributed by atoms with Gasteiger partial charge in [0.25, 0.3) is 0 Å². The summed E-state index contributed by atoms with van der Waals surface area (Å²) in [5.41, 5.74) is -0.994. The molecule has 0 aromatic heterocycles. The minimum atomic E-state index is -4.15. The first kappa shape index (κ1) is 17.8. The van der Waals surface area contributed by atoms with E-state index in [9.17, 15) is 17.6 Å². The van der Waals surface area contributed by atoms with Crippen LogP contribution in [0.15, 0.2) is 23.1 Å². The van der Waals surface area contributed by atoms with Gasteiger partial charge in [0, 0.05) is 6.54 Å². The molecule has 128 valence electrons. The molecule has 8 heteroatoms. The monoisotopic (exact) mass is 345 g/mol. The van der Waals surface area contributed by atoms with Gasteiger partial charge in [-0.05, 0) is 45.2 Å². The average Bonchev–Trinajstić information content (AvgIpc) is 2.44. The van der Waals surface area contributed by atoms with Gasteiger partial charge >= 0.3 is 5.97 Å². The van der Waals surface area contributed by atoms with Gasteiger partial charge in [0.05, 0.1) is 17.3 Å². The van der Waals surface area contributed by atoms with E-state index in [1.165, 1.54) is 6.07 Å². The predicted molar refractivity (Wildman–Crippen MR) is 81.4 cm³/mol. The first-order valence-corrected chi connectivity index (χ1v) is 8.80. The van der Waals surface area contributed by atoms with Gasteiger partial charge in [-0.25, -0.2) is 22.3 Å². The van der Waals surface area contributed by atoms with Crippen LogP contribution in [0.25, 0.3) is 0 Å². The number of carboxylic acids is 1. The van der Waals surface area contributed by atoms with Crippen LogP contribution >= 0.6 is 0 Å². The average molecular weight is 345 g/mol. The number of nitrogens with one attached hydrogen (secondary N) is 1. The lowest BCUT2D eigenvalue weighted by atomic mass is 9.95. The summed E-state index contributed by atoms with van der Waals surface area (Å²) < 4.78 is 46.6. The van der Waals surface area contributed by atoms with Crippen molar-refractivity contribution in [2.75, 3.05) is 6.54 Å². The Balaban J connectivity index is 2.14. The summed E-state index contributed by atoms with van der Waals surface area (Å²) in [6.07, 6.45) is 2.23. The molecule has 1 atom stereocenters. The third kappa shape index (κ3) is 4.27. The molecule has 1 aromatic carbocycles. The Kier molecular flexibility index (Phi) is 5.07. The second-order valence-electron chi connectivity index (χ2n) is 6.17. The molecule has 0 spiro atoms. The molecule has 1 aliphatic heterocycles. The smallest absolute Gasteiger partial charge is 0.338 e. The summed E-state index contributed by atoms with van der Waals surface area (Å²) in [4.78, 5) is 10.2. The van der Waals surface area contributed by atoms with Crippen LogP contribution in [0.2, 0.25) is 0 Å². The summed E-state index contributed by atoms with van der Waals surface area (Å²) in [7, 11) is -4.15. The lowest BCUT2D eigenvalue weighted by Crippen LogP contribution is -2.42. The Morgan fingerprint density at radius 3 is 2.78 bits per heavy atom. The van der Waals surface area contributed by atoms with Crippen LogP contribution < -0.4 is 4.72 Å². The molecule has 1 saturated heterocycles. The zero-order chi connectivity index (χ0) is 17.3. The number of carboxylic acid groups (broad SMARTS) is 1. The normalized spacial score (nSPS) is 21.1. The van der Waals surface area contributed by atoms with Crippen LogP contribution in [-0.4, -0.2) is 37.7 Å². The number of halogens is 1. The number of sulfonamides is 1. The van der Waals surface area contributed by atoms with Crippen LogP contribution in [0.5, 0.6) is 0 Å². The molecule has 0 amide bonds. The zero-order valence-corrected chi connectivity index (χ0v) is 13.8. The maximum Gasteiger partial charge on any atom is 0.338 e. The maximum atomic E-state index is 14.1. The van der Waals surface area contributed by atoms with Crippen molar-refractivity contribution in [3.63, 3.8) is 0 Å². The topological polar surface area (TPSA) is 92.7 Å². The highest BCUT2D eigenvalue weighted by molar-refractivity contribution is 7.89. The number of carbonyl (C=O) groups is 1. The van der Waals surface area contributed by atoms with Crippen molar-refractivity contribution >= 4 is 16.0 Å². The minimum absolute atomic E-state index is 0.0164. The van der Waals surface area contributed by atoms with E-state index in [-0.39, 0.29) is 18.2 Å². The van der Waals surface area contributed by atoms with Crippen molar-refractivity contribution in [2.45, 2.75) is 49.7 Å². The standard InChI is InChI=1S/C15H20FNO5S/c1-15(2)8-4-5-10(22-15)9-17-23(20,21)12-7-3-6-11(13(12)16)14(18)19/h3,6-7,10,17H,4-5,8-9H2,1-2H3,(H,18,19). The number of benzene rings is 1. The fourth-order valence-electron chi connectivity index (χ4n) is 2.63. The Morgan fingerprint density at radius 2 is 2.17 bits per heavy atom. The van der Waals surface area contributed by atoms with Crippen molar-refractivity contribution in [1.82, 2.24) is 4.72 Å². The highest BCUT2D eigenvalue weighted by Gasteiger charge is 2.30. The number of hydrogen-bond acceptors (Lipinski definition) is 4. The van der Waals surface area contributed by atoms with Gasteiger partial charge in [0.1, 0.15) is 4.90 Å². The molecule has 1 aliphatic rings. The predicted octanol–water partition coefficient (Wildman–Crippen LogP) is 2.15. The second-order valence-corrected chi connectivity index (χ2v) is 7.90. The molecule has 0 radical (unpaired) electrons. The van der Waals surface area contributed by atoms with Crippen molar-refractivity contribution in [2.24, 2.45) is 0 Å². The van der Waals surface area contributed by atoms with E-state index in [1.54, 1.807) is 0 Å². The van der Waals surface area contributed by atoms with Crippen LogP contribution in [0.4, 0.5) is 4.39 Å². The third-order valence-corrected chi connectivity index (χ3v) is 5.22. The van der Waals surface area contributed by atoms with Crippen molar-refractivity contribution in [3.05, 3.63) is 29.6 Å². The van der Waals surface area contributed by atoms with Crippen molar-refractivity contribution < 1.29 is 27.4 Å². The van der Waals surface area contributed by atoms with E-state index < -0.39 is 32.3 Å². The fraction of sp³-hybridized carbons (Fsp3) is 0.533. The van der Waals surface area contributed by atoms with Gasteiger partial charge in [-0.15, -0.1) is 0 Å². The van der Waals surface area contributed by atoms with E-state index in [0.29, 0.717) is 6.42 Å². The minimum Gasteiger partial charge on any atom is -0.478 e. The van der Waals surface area contributed by atoms with Gasteiger partial charge in [-0.1, -0.05) is 6.07 Å². The van der Waals surface area contributed by atoms with Gasteiger partial charge in [-0.3, -0.25) is 0 Å². The number of rotatable bonds is 5. The molecule has 0 bridgehead atoms. The Bertz CT molecular complexity index is 702. The summed E-state index contributed by atoms with van der Waals surface area (Å²) in [6.45, 7) is 3.88. The molecule has 0 saturated carbocycles. The van der Waals surface area contributed by atoms with Crippen LogP contribution in [0, 0.1) is 5.82 Å². The Labute approximate surface area is 134 Å². The highest BCUT2D eigenvalue weighted by Crippen LogP contribution is 2.27. The zero-order valence-electron chi connectivity index (χ0n) is 13.0. The SMILES string of the molecule is CC1(C)CCCC(CNS(=O)(=O)c2cccc(C(=O)O)c2F)O1. The maximum absolute atomic E-state index is 14.1. The lowest BCUT2D eigenvalue weighted by Gasteiger charge is -2.36. The Hall–Kier alpha value is -1.51. The van der Waals surface area contributed by atoms with Crippen molar-refractivity contribution in [3.8, 4) is 0 Å². The molecule has 1 aromatic rings. The molecule has 0 aliphatic carbocycles. The molecule has 23 heavy (non-hydrogen) atoms. The van der Waals surface area contributed by atoms with Crippen LogP contribution in [0.3, 0.4) is 0 Å². The first-order chi connectivity index (χ1) is 10.6. The quantitative estimate of drug-likeness (QED) is 0.853. The second kappa shape index (κ2) is 6.54. The molecular formula is C15H20FNO5S. The number of aromatic carboxylic acids is 1. The highest BCUT2D eigenvalue weighted by atomic mass is 32.2. The fourth-order valence-corrected chi connectivity index (χ4v) is 3.80. The molecule has 1 unspecified atom stereocenters. The number of ether oxygens (including phenoxy) is 1. The van der Waals surface area contributed by atoms with Crippen LogP contribution in [-0.2, 0) is 14.8 Å². The van der Waals surface area contributed by atoms with E-state index in [0.717, 1.165) is 25.0 Å². The lowest BCUT2D eigenvalue weighted by molar-refractivity contribution is -0.103. The molecular weight excluding hydrogens is 325 g/mol. The van der Waals surface area contributed by atoms with Gasteiger partial charge < -0.3 is 9.84 Å². The van der Waals surface area contributed by atoms with Crippen molar-refractivity contribution in [1.29, 1.82) is 0 Å². The van der Waals surface area contributed by atoms with Gasteiger partial charge in [-0.2, -0.15) is 0 Å². The summed E-state index contributed by atoms with van der Waals surface area (Å²) >= 11 is 0. The molecule has 1 fully saturated rings. The first-order valence-electron chi connectivity index (χ1n) is 7.32. The van der Waals surface area contributed by atoms with E-state index in [4.69, 9.17) is 9.84 Å². The summed E-state index contributed by atoms with van der Waals surface area (Å²) in [5.74, 6) is -2.78. The van der Waals surface area contributed by atoms with E-state index >= 15 is 0 Å².